The zero-order chi connectivity index (χ0) is 9.97. The van der Waals surface area contributed by atoms with Gasteiger partial charge in [-0.1, -0.05) is 0 Å². The van der Waals surface area contributed by atoms with Crippen LogP contribution >= 0.6 is 22.6 Å². The normalized spacial score (nSPS) is 21.6. The van der Waals surface area contributed by atoms with Crippen molar-refractivity contribution in [2.45, 2.75) is 12.5 Å². The smallest absolute Gasteiger partial charge is 0.128 e. The monoisotopic (exact) mass is 304 g/mol. The Kier molecular flexibility index (Phi) is 3.22. The SMILES string of the molecule is COC1CCN(c2ccc(I)cn2)C1. The van der Waals surface area contributed by atoms with Gasteiger partial charge < -0.3 is 9.64 Å². The molecule has 14 heavy (non-hydrogen) atoms. The van der Waals surface area contributed by atoms with Crippen molar-refractivity contribution in [1.29, 1.82) is 0 Å². The maximum Gasteiger partial charge on any atom is 0.128 e. The molecular formula is C10H13IN2O. The number of aromatic nitrogens is 1. The van der Waals surface area contributed by atoms with E-state index in [0.29, 0.717) is 6.10 Å². The van der Waals surface area contributed by atoms with Crippen LogP contribution in [0.25, 0.3) is 0 Å². The van der Waals surface area contributed by atoms with Crippen LogP contribution in [-0.4, -0.2) is 31.3 Å². The molecule has 1 aliphatic rings. The van der Waals surface area contributed by atoms with Gasteiger partial charge in [0.2, 0.25) is 0 Å². The zero-order valence-electron chi connectivity index (χ0n) is 8.11. The summed E-state index contributed by atoms with van der Waals surface area (Å²) in [7, 11) is 1.77. The number of hydrogen-bond acceptors (Lipinski definition) is 3. The third-order valence-electron chi connectivity index (χ3n) is 2.51. The number of methoxy groups -OCH3 is 1. The van der Waals surface area contributed by atoms with Crippen LogP contribution < -0.4 is 4.90 Å². The van der Waals surface area contributed by atoms with E-state index in [1.807, 2.05) is 6.20 Å². The summed E-state index contributed by atoms with van der Waals surface area (Å²) in [5.74, 6) is 1.06. The summed E-state index contributed by atoms with van der Waals surface area (Å²) in [6.45, 7) is 2.01. The second-order valence-electron chi connectivity index (χ2n) is 3.43. The van der Waals surface area contributed by atoms with Crippen molar-refractivity contribution in [2.24, 2.45) is 0 Å². The molecule has 1 aliphatic heterocycles. The minimum atomic E-state index is 0.371. The average molecular weight is 304 g/mol. The van der Waals surface area contributed by atoms with Crippen molar-refractivity contribution in [3.8, 4) is 0 Å². The molecule has 0 aromatic carbocycles. The molecule has 0 saturated carbocycles. The molecule has 0 spiro atoms. The van der Waals surface area contributed by atoms with Gasteiger partial charge >= 0.3 is 0 Å². The highest BCUT2D eigenvalue weighted by atomic mass is 127. The van der Waals surface area contributed by atoms with E-state index in [1.54, 1.807) is 7.11 Å². The number of hydrogen-bond donors (Lipinski definition) is 0. The third-order valence-corrected chi connectivity index (χ3v) is 3.15. The topological polar surface area (TPSA) is 25.4 Å². The molecule has 1 aromatic rings. The van der Waals surface area contributed by atoms with Gasteiger partial charge in [0.05, 0.1) is 6.10 Å². The average Bonchev–Trinajstić information content (AvgIpc) is 2.67. The quantitative estimate of drug-likeness (QED) is 0.781. The van der Waals surface area contributed by atoms with Crippen LogP contribution in [0.5, 0.6) is 0 Å². The lowest BCUT2D eigenvalue weighted by Crippen LogP contribution is -2.22. The van der Waals surface area contributed by atoms with Gasteiger partial charge in [0.25, 0.3) is 0 Å². The van der Waals surface area contributed by atoms with E-state index in [0.717, 1.165) is 25.3 Å². The Hall–Kier alpha value is -0.360. The maximum absolute atomic E-state index is 5.32. The summed E-state index contributed by atoms with van der Waals surface area (Å²) in [6.07, 6.45) is 3.37. The second-order valence-corrected chi connectivity index (χ2v) is 4.67. The van der Waals surface area contributed by atoms with Gasteiger partial charge in [-0.25, -0.2) is 4.98 Å². The molecule has 3 nitrogen and oxygen atoms in total. The van der Waals surface area contributed by atoms with Crippen LogP contribution in [-0.2, 0) is 4.74 Å². The van der Waals surface area contributed by atoms with Crippen molar-refractivity contribution < 1.29 is 4.74 Å². The third kappa shape index (κ3) is 2.17. The number of anilines is 1. The number of ether oxygens (including phenoxy) is 1. The number of pyridine rings is 1. The lowest BCUT2D eigenvalue weighted by molar-refractivity contribution is 0.121. The molecule has 2 rings (SSSR count). The minimum Gasteiger partial charge on any atom is -0.380 e. The summed E-state index contributed by atoms with van der Waals surface area (Å²) in [4.78, 5) is 6.66. The van der Waals surface area contributed by atoms with Crippen LogP contribution in [0.15, 0.2) is 18.3 Å². The highest BCUT2D eigenvalue weighted by Crippen LogP contribution is 2.19. The standard InChI is InChI=1S/C10H13IN2O/c1-14-9-4-5-13(7-9)10-3-2-8(11)6-12-10/h2-3,6,9H,4-5,7H2,1H3. The number of nitrogens with zero attached hydrogens (tertiary/aromatic N) is 2. The van der Waals surface area contributed by atoms with Gasteiger partial charge in [-0.15, -0.1) is 0 Å². The first kappa shape index (κ1) is 10.2. The maximum atomic E-state index is 5.32. The summed E-state index contributed by atoms with van der Waals surface area (Å²) >= 11 is 2.27. The molecule has 0 aliphatic carbocycles. The number of halogens is 1. The molecule has 0 amide bonds. The van der Waals surface area contributed by atoms with Gasteiger partial charge in [0.15, 0.2) is 0 Å². The Morgan fingerprint density at radius 2 is 2.43 bits per heavy atom. The molecule has 1 unspecified atom stereocenters. The summed E-state index contributed by atoms with van der Waals surface area (Å²) in [5.41, 5.74) is 0. The molecule has 1 fully saturated rings. The zero-order valence-corrected chi connectivity index (χ0v) is 10.3. The van der Waals surface area contributed by atoms with Gasteiger partial charge in [0, 0.05) is 30.0 Å². The van der Waals surface area contributed by atoms with Crippen molar-refractivity contribution in [3.05, 3.63) is 21.9 Å². The summed E-state index contributed by atoms with van der Waals surface area (Å²) < 4.78 is 6.49. The minimum absolute atomic E-state index is 0.371. The summed E-state index contributed by atoms with van der Waals surface area (Å²) in [6, 6.07) is 4.16. The molecule has 0 bridgehead atoms. The van der Waals surface area contributed by atoms with Crippen molar-refractivity contribution in [2.75, 3.05) is 25.1 Å². The number of rotatable bonds is 2. The van der Waals surface area contributed by atoms with E-state index >= 15 is 0 Å². The lowest BCUT2D eigenvalue weighted by atomic mass is 10.3. The Balaban J connectivity index is 2.06. The van der Waals surface area contributed by atoms with Gasteiger partial charge in [-0.3, -0.25) is 0 Å². The highest BCUT2D eigenvalue weighted by Gasteiger charge is 2.22. The van der Waals surface area contributed by atoms with Crippen molar-refractivity contribution in [3.63, 3.8) is 0 Å². The molecule has 1 aromatic heterocycles. The Bertz CT molecular complexity index is 301. The fraction of sp³-hybridized carbons (Fsp3) is 0.500. The summed E-state index contributed by atoms with van der Waals surface area (Å²) in [5, 5.41) is 0. The molecule has 0 N–H and O–H groups in total. The molecule has 1 atom stereocenters. The van der Waals surface area contributed by atoms with E-state index < -0.39 is 0 Å². The van der Waals surface area contributed by atoms with Crippen LogP contribution in [0.4, 0.5) is 5.82 Å². The molecule has 76 valence electrons. The van der Waals surface area contributed by atoms with Crippen LogP contribution in [0.2, 0.25) is 0 Å². The lowest BCUT2D eigenvalue weighted by Gasteiger charge is -2.16. The molecule has 0 radical (unpaired) electrons. The van der Waals surface area contributed by atoms with E-state index in [1.165, 1.54) is 3.57 Å². The Labute approximate surface area is 97.6 Å². The first-order valence-electron chi connectivity index (χ1n) is 4.69. The van der Waals surface area contributed by atoms with E-state index in [4.69, 9.17) is 4.74 Å². The van der Waals surface area contributed by atoms with Crippen LogP contribution in [0.1, 0.15) is 6.42 Å². The van der Waals surface area contributed by atoms with Crippen LogP contribution in [0, 0.1) is 3.57 Å². The predicted octanol–water partition coefficient (Wildman–Crippen LogP) is 1.91. The van der Waals surface area contributed by atoms with Gasteiger partial charge in [-0.05, 0) is 41.1 Å². The van der Waals surface area contributed by atoms with Gasteiger partial charge in [-0.2, -0.15) is 0 Å². The van der Waals surface area contributed by atoms with Crippen molar-refractivity contribution in [1.82, 2.24) is 4.98 Å². The first-order valence-corrected chi connectivity index (χ1v) is 5.77. The van der Waals surface area contributed by atoms with E-state index in [9.17, 15) is 0 Å². The van der Waals surface area contributed by atoms with Crippen LogP contribution in [0.3, 0.4) is 0 Å². The highest BCUT2D eigenvalue weighted by molar-refractivity contribution is 14.1. The Morgan fingerprint density at radius 1 is 1.57 bits per heavy atom. The Morgan fingerprint density at radius 3 is 3.00 bits per heavy atom. The first-order chi connectivity index (χ1) is 6.79. The largest absolute Gasteiger partial charge is 0.380 e. The molecular weight excluding hydrogens is 291 g/mol. The second kappa shape index (κ2) is 4.44. The molecule has 2 heterocycles. The van der Waals surface area contributed by atoms with Crippen molar-refractivity contribution >= 4 is 28.4 Å². The van der Waals surface area contributed by atoms with E-state index in [-0.39, 0.29) is 0 Å². The predicted molar refractivity (Wildman–Crippen MR) is 64.6 cm³/mol. The van der Waals surface area contributed by atoms with Gasteiger partial charge in [0.1, 0.15) is 5.82 Å². The molecule has 1 saturated heterocycles. The fourth-order valence-corrected chi connectivity index (χ4v) is 2.00. The van der Waals surface area contributed by atoms with E-state index in [2.05, 4.69) is 44.6 Å². The molecule has 4 heteroatoms. The fourth-order valence-electron chi connectivity index (χ4n) is 1.68.